The van der Waals surface area contributed by atoms with Crippen LogP contribution in [0.4, 0.5) is 0 Å². The maximum absolute atomic E-state index is 10.7. The van der Waals surface area contributed by atoms with Crippen LogP contribution >= 0.6 is 0 Å². The van der Waals surface area contributed by atoms with E-state index in [0.717, 1.165) is 0 Å². The molecular weight excluding hydrogens is 128 g/mol. The van der Waals surface area contributed by atoms with Gasteiger partial charge in [0.05, 0.1) is 12.6 Å². The van der Waals surface area contributed by atoms with Crippen LogP contribution in [0.2, 0.25) is 0 Å². The van der Waals surface area contributed by atoms with E-state index < -0.39 is 0 Å². The Kier molecular flexibility index (Phi) is 1.72. The zero-order valence-corrected chi connectivity index (χ0v) is 5.79. The molecule has 0 atom stereocenters. The maximum atomic E-state index is 10.7. The minimum absolute atomic E-state index is 0.0292. The van der Waals surface area contributed by atoms with E-state index in [0.29, 0.717) is 18.7 Å². The average Bonchev–Trinajstić information content (AvgIpc) is 2.34. The van der Waals surface area contributed by atoms with Crippen molar-refractivity contribution in [2.24, 2.45) is 0 Å². The van der Waals surface area contributed by atoms with Crippen molar-refractivity contribution < 1.29 is 4.79 Å². The minimum Gasteiger partial charge on any atom is -0.334 e. The fourth-order valence-corrected chi connectivity index (χ4v) is 0.876. The van der Waals surface area contributed by atoms with Crippen LogP contribution in [0.3, 0.4) is 0 Å². The molecule has 0 aromatic carbocycles. The highest BCUT2D eigenvalue weighted by molar-refractivity contribution is 5.74. The molecule has 1 aliphatic heterocycles. The molecule has 52 valence electrons. The molecule has 0 aromatic rings. The third-order valence-electron chi connectivity index (χ3n) is 1.51. The van der Waals surface area contributed by atoms with Crippen molar-refractivity contribution >= 4 is 5.91 Å². The first-order chi connectivity index (χ1) is 4.74. The van der Waals surface area contributed by atoms with Crippen molar-refractivity contribution in [2.45, 2.75) is 6.92 Å². The Balaban J connectivity index is 2.54. The molecular formula is C7H8N2O. The summed E-state index contributed by atoms with van der Waals surface area (Å²) < 4.78 is 0. The van der Waals surface area contributed by atoms with Crippen LogP contribution in [0.15, 0.2) is 11.6 Å². The topological polar surface area (TPSA) is 44.1 Å². The second-order valence-electron chi connectivity index (χ2n) is 2.24. The number of nitriles is 1. The molecule has 1 amide bonds. The standard InChI is InChI=1S/C7H8N2O/c1-6(10)9-3-2-7(4-8)5-9/h2H,3,5H2,1H3. The number of hydrogen-bond acceptors (Lipinski definition) is 2. The molecule has 3 nitrogen and oxygen atoms in total. The summed E-state index contributed by atoms with van der Waals surface area (Å²) in [6.45, 7) is 2.60. The molecule has 10 heavy (non-hydrogen) atoms. The van der Waals surface area contributed by atoms with Crippen LogP contribution in [0.5, 0.6) is 0 Å². The number of amides is 1. The van der Waals surface area contributed by atoms with Crippen LogP contribution < -0.4 is 0 Å². The molecule has 0 radical (unpaired) electrons. The van der Waals surface area contributed by atoms with Crippen molar-refractivity contribution in [1.29, 1.82) is 5.26 Å². The van der Waals surface area contributed by atoms with Gasteiger partial charge in [-0.05, 0) is 6.08 Å². The van der Waals surface area contributed by atoms with Gasteiger partial charge < -0.3 is 4.90 Å². The van der Waals surface area contributed by atoms with Gasteiger partial charge in [0.2, 0.25) is 5.91 Å². The second kappa shape index (κ2) is 2.53. The summed E-state index contributed by atoms with van der Waals surface area (Å²) in [5, 5.41) is 8.41. The molecule has 0 spiro atoms. The lowest BCUT2D eigenvalue weighted by Gasteiger charge is -2.10. The van der Waals surface area contributed by atoms with E-state index in [1.165, 1.54) is 6.92 Å². The first-order valence-electron chi connectivity index (χ1n) is 3.08. The highest BCUT2D eigenvalue weighted by Gasteiger charge is 2.14. The van der Waals surface area contributed by atoms with Crippen molar-refractivity contribution in [3.05, 3.63) is 11.6 Å². The van der Waals surface area contributed by atoms with E-state index in [4.69, 9.17) is 5.26 Å². The lowest BCUT2D eigenvalue weighted by atomic mass is 10.3. The number of nitrogens with zero attached hydrogens (tertiary/aromatic N) is 2. The second-order valence-corrected chi connectivity index (χ2v) is 2.24. The van der Waals surface area contributed by atoms with Gasteiger partial charge in [0.25, 0.3) is 0 Å². The summed E-state index contributed by atoms with van der Waals surface area (Å²) in [4.78, 5) is 12.3. The smallest absolute Gasteiger partial charge is 0.220 e. The SMILES string of the molecule is CC(=O)N1CC=C(C#N)C1. The lowest BCUT2D eigenvalue weighted by Crippen LogP contribution is -2.25. The van der Waals surface area contributed by atoms with Crippen LogP contribution in [0.1, 0.15) is 6.92 Å². The molecule has 0 N–H and O–H groups in total. The third-order valence-corrected chi connectivity index (χ3v) is 1.51. The van der Waals surface area contributed by atoms with Gasteiger partial charge in [-0.1, -0.05) is 0 Å². The van der Waals surface area contributed by atoms with E-state index in [-0.39, 0.29) is 5.91 Å². The Labute approximate surface area is 59.5 Å². The van der Waals surface area contributed by atoms with Crippen molar-refractivity contribution in [1.82, 2.24) is 4.90 Å². The van der Waals surface area contributed by atoms with E-state index in [1.54, 1.807) is 11.0 Å². The third kappa shape index (κ3) is 1.16. The molecule has 1 aliphatic rings. The summed E-state index contributed by atoms with van der Waals surface area (Å²) in [6.07, 6.45) is 1.78. The molecule has 0 aliphatic carbocycles. The quantitative estimate of drug-likeness (QED) is 0.480. The van der Waals surface area contributed by atoms with Gasteiger partial charge in [0.1, 0.15) is 0 Å². The molecule has 1 rings (SSSR count). The predicted octanol–water partition coefficient (Wildman–Crippen LogP) is 0.298. The van der Waals surface area contributed by atoms with Crippen molar-refractivity contribution in [3.8, 4) is 6.07 Å². The van der Waals surface area contributed by atoms with Gasteiger partial charge in [0, 0.05) is 19.0 Å². The number of hydrogen-bond donors (Lipinski definition) is 0. The average molecular weight is 136 g/mol. The fraction of sp³-hybridized carbons (Fsp3) is 0.429. The maximum Gasteiger partial charge on any atom is 0.220 e. The molecule has 0 aromatic heterocycles. The number of carbonyl (C=O) groups excluding carboxylic acids is 1. The predicted molar refractivity (Wildman–Crippen MR) is 36.0 cm³/mol. The van der Waals surface area contributed by atoms with Gasteiger partial charge in [-0.15, -0.1) is 0 Å². The highest BCUT2D eigenvalue weighted by atomic mass is 16.2. The Hall–Kier alpha value is -1.30. The summed E-state index contributed by atoms with van der Waals surface area (Å²) in [7, 11) is 0. The van der Waals surface area contributed by atoms with Crippen LogP contribution in [0, 0.1) is 11.3 Å². The number of rotatable bonds is 0. The highest BCUT2D eigenvalue weighted by Crippen LogP contribution is 2.06. The first-order valence-corrected chi connectivity index (χ1v) is 3.08. The molecule has 1 heterocycles. The van der Waals surface area contributed by atoms with E-state index >= 15 is 0 Å². The van der Waals surface area contributed by atoms with Crippen LogP contribution in [-0.2, 0) is 4.79 Å². The van der Waals surface area contributed by atoms with Gasteiger partial charge in [-0.3, -0.25) is 4.79 Å². The molecule has 3 heteroatoms. The summed E-state index contributed by atoms with van der Waals surface area (Å²) >= 11 is 0. The molecule has 0 saturated carbocycles. The van der Waals surface area contributed by atoms with Gasteiger partial charge >= 0.3 is 0 Å². The fourth-order valence-electron chi connectivity index (χ4n) is 0.876. The Morgan fingerprint density at radius 2 is 2.60 bits per heavy atom. The minimum atomic E-state index is 0.0292. The largest absolute Gasteiger partial charge is 0.334 e. The van der Waals surface area contributed by atoms with E-state index in [1.807, 2.05) is 6.07 Å². The first kappa shape index (κ1) is 6.81. The molecule has 0 saturated heterocycles. The normalized spacial score (nSPS) is 16.4. The number of carbonyl (C=O) groups is 1. The summed E-state index contributed by atoms with van der Waals surface area (Å²) in [5.41, 5.74) is 0.690. The van der Waals surface area contributed by atoms with E-state index in [2.05, 4.69) is 0 Å². The summed E-state index contributed by atoms with van der Waals surface area (Å²) in [6, 6.07) is 2.02. The van der Waals surface area contributed by atoms with Gasteiger partial charge in [-0.2, -0.15) is 5.26 Å². The lowest BCUT2D eigenvalue weighted by molar-refractivity contribution is -0.127. The Morgan fingerprint density at radius 3 is 2.90 bits per heavy atom. The summed E-state index contributed by atoms with van der Waals surface area (Å²) in [5.74, 6) is 0.0292. The Morgan fingerprint density at radius 1 is 1.90 bits per heavy atom. The van der Waals surface area contributed by atoms with Crippen molar-refractivity contribution in [3.63, 3.8) is 0 Å². The molecule has 0 unspecified atom stereocenters. The molecule has 0 bridgehead atoms. The monoisotopic (exact) mass is 136 g/mol. The van der Waals surface area contributed by atoms with Gasteiger partial charge in [-0.25, -0.2) is 0 Å². The Bertz CT molecular complexity index is 224. The van der Waals surface area contributed by atoms with Crippen LogP contribution in [0.25, 0.3) is 0 Å². The van der Waals surface area contributed by atoms with Crippen LogP contribution in [-0.4, -0.2) is 23.9 Å². The van der Waals surface area contributed by atoms with Crippen molar-refractivity contribution in [2.75, 3.05) is 13.1 Å². The zero-order valence-electron chi connectivity index (χ0n) is 5.79. The molecule has 0 fully saturated rings. The zero-order chi connectivity index (χ0) is 7.56. The van der Waals surface area contributed by atoms with Gasteiger partial charge in [0.15, 0.2) is 0 Å². The van der Waals surface area contributed by atoms with E-state index in [9.17, 15) is 4.79 Å².